The molecule has 0 aliphatic carbocycles. The van der Waals surface area contributed by atoms with Gasteiger partial charge < -0.3 is 15.5 Å². The largest absolute Gasteiger partial charge is 0.387 e. The number of rotatable bonds is 32. The molecule has 1 amide bonds. The van der Waals surface area contributed by atoms with Gasteiger partial charge in [0.15, 0.2) is 0 Å². The third-order valence-corrected chi connectivity index (χ3v) is 9.10. The summed E-state index contributed by atoms with van der Waals surface area (Å²) in [5, 5.41) is 23.2. The highest BCUT2D eigenvalue weighted by Crippen LogP contribution is 2.15. The Hall–Kier alpha value is -0.960. The highest BCUT2D eigenvalue weighted by Gasteiger charge is 2.27. The molecule has 0 aromatic heterocycles. The van der Waals surface area contributed by atoms with E-state index in [0.29, 0.717) is 6.42 Å². The average Bonchev–Trinajstić information content (AvgIpc) is 2.96. The number of aliphatic hydroxyl groups excluding tert-OH is 2. The van der Waals surface area contributed by atoms with Crippen molar-refractivity contribution in [1.29, 1.82) is 0 Å². The van der Waals surface area contributed by atoms with Crippen LogP contribution in [0.4, 0.5) is 0 Å². The fourth-order valence-electron chi connectivity index (χ4n) is 5.51. The quantitative estimate of drug-likeness (QED) is 0.0334. The number of hydrogen-bond acceptors (Lipinski definition) is 5. The number of amides is 1. The Kier molecular flexibility index (Phi) is 29.1. The lowest BCUT2D eigenvalue weighted by atomic mass is 10.0. The van der Waals surface area contributed by atoms with Crippen molar-refractivity contribution in [1.82, 2.24) is 5.32 Å². The third-order valence-electron chi connectivity index (χ3n) is 8.32. The molecule has 0 aromatic rings. The number of carbonyl (C=O) groups excluding carboxylic acids is 1. The van der Waals surface area contributed by atoms with Crippen LogP contribution in [-0.2, 0) is 14.9 Å². The van der Waals surface area contributed by atoms with Gasteiger partial charge in [-0.3, -0.25) is 9.35 Å². The van der Waals surface area contributed by atoms with Crippen LogP contribution < -0.4 is 5.32 Å². The van der Waals surface area contributed by atoms with Gasteiger partial charge in [0, 0.05) is 0 Å². The van der Waals surface area contributed by atoms with Crippen molar-refractivity contribution in [2.45, 2.75) is 199 Å². The maximum atomic E-state index is 12.5. The lowest BCUT2D eigenvalue weighted by Crippen LogP contribution is -2.50. The van der Waals surface area contributed by atoms with Crippen LogP contribution >= 0.6 is 0 Å². The van der Waals surface area contributed by atoms with Crippen molar-refractivity contribution >= 4 is 16.0 Å². The Labute approximate surface area is 265 Å². The molecule has 8 heteroatoms. The van der Waals surface area contributed by atoms with E-state index in [2.05, 4.69) is 19.2 Å². The molecule has 0 spiro atoms. The monoisotopic (exact) mass is 631 g/mol. The van der Waals surface area contributed by atoms with E-state index < -0.39 is 40.0 Å². The third kappa shape index (κ3) is 29.5. The van der Waals surface area contributed by atoms with Crippen LogP contribution in [0.25, 0.3) is 0 Å². The molecular weight excluding hydrogens is 562 g/mol. The van der Waals surface area contributed by atoms with Crippen molar-refractivity contribution in [2.75, 3.05) is 5.75 Å². The molecule has 0 aliphatic heterocycles. The van der Waals surface area contributed by atoms with Gasteiger partial charge in [0.2, 0.25) is 5.91 Å². The van der Waals surface area contributed by atoms with E-state index in [0.717, 1.165) is 38.5 Å². The second-order valence-corrected chi connectivity index (χ2v) is 14.2. The van der Waals surface area contributed by atoms with E-state index in [-0.39, 0.29) is 6.42 Å². The molecule has 0 saturated carbocycles. The van der Waals surface area contributed by atoms with Crippen LogP contribution in [0, 0.1) is 0 Å². The van der Waals surface area contributed by atoms with Gasteiger partial charge in [-0.25, -0.2) is 0 Å². The molecule has 3 atom stereocenters. The minimum atomic E-state index is -4.43. The van der Waals surface area contributed by atoms with Gasteiger partial charge in [0.1, 0.15) is 6.10 Å². The first-order valence-electron chi connectivity index (χ1n) is 18.0. The Morgan fingerprint density at radius 3 is 1.40 bits per heavy atom. The summed E-state index contributed by atoms with van der Waals surface area (Å²) in [6, 6.07) is -1.22. The molecule has 3 unspecified atom stereocenters. The standard InChI is InChI=1S/C35H69NO6S/c1-3-5-7-9-11-13-14-15-16-17-18-19-20-22-23-25-27-29-33(37)32(31-43(40,41)42)36-35(39)34(38)30-28-26-24-21-12-10-8-6-4-2/h27,29,32-34,37-38H,3-26,28,30-31H2,1-2H3,(H,36,39)(H,40,41,42)/b29-27+. The summed E-state index contributed by atoms with van der Waals surface area (Å²) < 4.78 is 32.3. The highest BCUT2D eigenvalue weighted by atomic mass is 32.2. The second kappa shape index (κ2) is 29.7. The molecule has 4 N–H and O–H groups in total. The molecule has 0 bridgehead atoms. The van der Waals surface area contributed by atoms with Gasteiger partial charge in [-0.2, -0.15) is 8.42 Å². The van der Waals surface area contributed by atoms with Gasteiger partial charge in [-0.1, -0.05) is 174 Å². The lowest BCUT2D eigenvalue weighted by molar-refractivity contribution is -0.130. The van der Waals surface area contributed by atoms with Crippen LogP contribution in [0.2, 0.25) is 0 Å². The molecular formula is C35H69NO6S. The van der Waals surface area contributed by atoms with Gasteiger partial charge >= 0.3 is 0 Å². The number of nitrogens with one attached hydrogen (secondary N) is 1. The van der Waals surface area contributed by atoms with Gasteiger partial charge in [-0.15, -0.1) is 0 Å². The second-order valence-electron chi connectivity index (χ2n) is 12.7. The van der Waals surface area contributed by atoms with Crippen molar-refractivity contribution in [3.63, 3.8) is 0 Å². The first-order chi connectivity index (χ1) is 20.7. The van der Waals surface area contributed by atoms with Crippen LogP contribution in [0.5, 0.6) is 0 Å². The SMILES string of the molecule is CCCCCCCCCCCCCCCCC/C=C/C(O)C(CS(=O)(=O)O)NC(=O)C(O)CCCCCCCCCCC. The Balaban J connectivity index is 4.09. The minimum Gasteiger partial charge on any atom is -0.387 e. The maximum absolute atomic E-state index is 12.5. The number of allylic oxidation sites excluding steroid dienone is 1. The molecule has 7 nitrogen and oxygen atoms in total. The van der Waals surface area contributed by atoms with Crippen molar-refractivity contribution in [2.24, 2.45) is 0 Å². The molecule has 0 radical (unpaired) electrons. The Morgan fingerprint density at radius 1 is 0.628 bits per heavy atom. The van der Waals surface area contributed by atoms with Crippen LogP contribution in [0.3, 0.4) is 0 Å². The number of aliphatic hydroxyl groups is 2. The Morgan fingerprint density at radius 2 is 1.00 bits per heavy atom. The minimum absolute atomic E-state index is 0.283. The van der Waals surface area contributed by atoms with E-state index in [9.17, 15) is 28.0 Å². The fraction of sp³-hybridized carbons (Fsp3) is 0.914. The Bertz CT molecular complexity index is 757. The summed E-state index contributed by atoms with van der Waals surface area (Å²) in [6.07, 6.45) is 31.3. The molecule has 0 aromatic carbocycles. The van der Waals surface area contributed by atoms with Crippen LogP contribution in [0.15, 0.2) is 12.2 Å². The zero-order valence-corrected chi connectivity index (χ0v) is 28.8. The van der Waals surface area contributed by atoms with Crippen molar-refractivity contribution in [3.05, 3.63) is 12.2 Å². The van der Waals surface area contributed by atoms with E-state index >= 15 is 0 Å². The number of hydrogen-bond donors (Lipinski definition) is 4. The summed E-state index contributed by atoms with van der Waals surface area (Å²) >= 11 is 0. The summed E-state index contributed by atoms with van der Waals surface area (Å²) in [5.74, 6) is -1.53. The van der Waals surface area contributed by atoms with Crippen molar-refractivity contribution in [3.8, 4) is 0 Å². The van der Waals surface area contributed by atoms with E-state index in [4.69, 9.17) is 0 Å². The van der Waals surface area contributed by atoms with Gasteiger partial charge in [0.05, 0.1) is 17.9 Å². The molecule has 256 valence electrons. The summed E-state index contributed by atoms with van der Waals surface area (Å²) in [7, 11) is -4.43. The predicted octanol–water partition coefficient (Wildman–Crippen LogP) is 8.82. The topological polar surface area (TPSA) is 124 Å². The normalized spacial score (nSPS) is 14.3. The van der Waals surface area contributed by atoms with Crippen molar-refractivity contribution < 1.29 is 28.0 Å². The highest BCUT2D eigenvalue weighted by molar-refractivity contribution is 7.85. The molecule has 0 saturated heterocycles. The fourth-order valence-corrected chi connectivity index (χ4v) is 6.25. The summed E-state index contributed by atoms with van der Waals surface area (Å²) in [5.41, 5.74) is 0. The number of unbranched alkanes of at least 4 members (excludes halogenated alkanes) is 23. The van der Waals surface area contributed by atoms with Gasteiger partial charge in [-0.05, 0) is 19.3 Å². The first kappa shape index (κ1) is 42.0. The zero-order chi connectivity index (χ0) is 32.0. The average molecular weight is 632 g/mol. The van der Waals surface area contributed by atoms with Crippen LogP contribution in [0.1, 0.15) is 181 Å². The zero-order valence-electron chi connectivity index (χ0n) is 28.0. The number of carbonyl (C=O) groups is 1. The molecule has 0 rings (SSSR count). The first-order valence-corrected chi connectivity index (χ1v) is 19.6. The lowest BCUT2D eigenvalue weighted by Gasteiger charge is -2.22. The smallest absolute Gasteiger partial charge is 0.267 e. The maximum Gasteiger partial charge on any atom is 0.267 e. The molecule has 0 aliphatic rings. The molecule has 43 heavy (non-hydrogen) atoms. The van der Waals surface area contributed by atoms with E-state index in [1.165, 1.54) is 122 Å². The summed E-state index contributed by atoms with van der Waals surface area (Å²) in [6.45, 7) is 4.46. The van der Waals surface area contributed by atoms with E-state index in [1.807, 2.05) is 0 Å². The van der Waals surface area contributed by atoms with Gasteiger partial charge in [0.25, 0.3) is 10.1 Å². The van der Waals surface area contributed by atoms with Crippen LogP contribution in [-0.4, -0.2) is 53.1 Å². The molecule has 0 fully saturated rings. The summed E-state index contributed by atoms with van der Waals surface area (Å²) in [4.78, 5) is 12.5. The predicted molar refractivity (Wildman–Crippen MR) is 181 cm³/mol. The van der Waals surface area contributed by atoms with E-state index in [1.54, 1.807) is 6.08 Å². The molecule has 0 heterocycles.